The van der Waals surface area contributed by atoms with Gasteiger partial charge < -0.3 is 5.73 Å². The van der Waals surface area contributed by atoms with E-state index < -0.39 is 0 Å². The Morgan fingerprint density at radius 1 is 1.45 bits per heavy atom. The first-order valence-corrected chi connectivity index (χ1v) is 3.97. The standard InChI is InChI=1S/C5H9N5S/c6-1-2-10-11-5-8-3-7-4-9-5/h3-4,10H,1-2,6H2. The van der Waals surface area contributed by atoms with Crippen LogP contribution < -0.4 is 10.5 Å². The summed E-state index contributed by atoms with van der Waals surface area (Å²) in [4.78, 5) is 11.5. The highest BCUT2D eigenvalue weighted by Crippen LogP contribution is 2.03. The van der Waals surface area contributed by atoms with Gasteiger partial charge in [0.2, 0.25) is 5.16 Å². The van der Waals surface area contributed by atoms with Crippen LogP contribution in [0.1, 0.15) is 0 Å². The lowest BCUT2D eigenvalue weighted by atomic mass is 10.7. The van der Waals surface area contributed by atoms with Gasteiger partial charge in [0.25, 0.3) is 0 Å². The Hall–Kier alpha value is -0.720. The molecule has 1 heterocycles. The molecule has 0 amide bonds. The molecule has 0 saturated carbocycles. The summed E-state index contributed by atoms with van der Waals surface area (Å²) in [6, 6.07) is 0. The van der Waals surface area contributed by atoms with Gasteiger partial charge in [0.15, 0.2) is 0 Å². The Bertz CT molecular complexity index is 191. The summed E-state index contributed by atoms with van der Waals surface area (Å²) in [5.41, 5.74) is 5.26. The van der Waals surface area contributed by atoms with Gasteiger partial charge >= 0.3 is 0 Å². The molecule has 11 heavy (non-hydrogen) atoms. The van der Waals surface area contributed by atoms with Gasteiger partial charge in [-0.3, -0.25) is 4.72 Å². The van der Waals surface area contributed by atoms with Gasteiger partial charge in [-0.2, -0.15) is 0 Å². The Morgan fingerprint density at radius 3 is 2.82 bits per heavy atom. The fraction of sp³-hybridized carbons (Fsp3) is 0.400. The number of aromatic nitrogens is 3. The minimum absolute atomic E-state index is 0.609. The molecule has 1 aromatic heterocycles. The highest BCUT2D eigenvalue weighted by Gasteiger charge is 1.92. The molecule has 3 N–H and O–H groups in total. The third kappa shape index (κ3) is 3.26. The molecule has 0 aromatic carbocycles. The van der Waals surface area contributed by atoms with E-state index >= 15 is 0 Å². The van der Waals surface area contributed by atoms with Gasteiger partial charge in [-0.05, 0) is 11.9 Å². The van der Waals surface area contributed by atoms with Crippen molar-refractivity contribution in [3.05, 3.63) is 12.7 Å². The Kier molecular flexibility index (Phi) is 3.81. The van der Waals surface area contributed by atoms with Crippen molar-refractivity contribution >= 4 is 11.9 Å². The molecule has 0 spiro atoms. The average molecular weight is 171 g/mol. The van der Waals surface area contributed by atoms with Crippen LogP contribution in [-0.2, 0) is 0 Å². The molecule has 6 heteroatoms. The predicted octanol–water partition coefficient (Wildman–Crippen LogP) is -0.573. The molecule has 0 aliphatic rings. The Balaban J connectivity index is 2.28. The van der Waals surface area contributed by atoms with Crippen LogP contribution in [0.25, 0.3) is 0 Å². The van der Waals surface area contributed by atoms with E-state index in [4.69, 9.17) is 5.73 Å². The smallest absolute Gasteiger partial charge is 0.205 e. The summed E-state index contributed by atoms with van der Waals surface area (Å²) in [6.45, 7) is 1.36. The van der Waals surface area contributed by atoms with Gasteiger partial charge in [0.05, 0.1) is 0 Å². The molecule has 0 aliphatic carbocycles. The van der Waals surface area contributed by atoms with Crippen molar-refractivity contribution in [1.29, 1.82) is 0 Å². The van der Waals surface area contributed by atoms with Gasteiger partial charge in [-0.1, -0.05) is 0 Å². The molecule has 5 nitrogen and oxygen atoms in total. The van der Waals surface area contributed by atoms with Crippen molar-refractivity contribution in [1.82, 2.24) is 19.7 Å². The maximum atomic E-state index is 5.26. The zero-order valence-electron chi connectivity index (χ0n) is 5.90. The third-order valence-electron chi connectivity index (χ3n) is 0.880. The first-order chi connectivity index (χ1) is 5.43. The lowest BCUT2D eigenvalue weighted by Crippen LogP contribution is -2.16. The Labute approximate surface area is 69.0 Å². The van der Waals surface area contributed by atoms with E-state index in [0.717, 1.165) is 6.54 Å². The molecule has 0 bridgehead atoms. The zero-order valence-corrected chi connectivity index (χ0v) is 6.71. The number of hydrogen-bond donors (Lipinski definition) is 2. The molecule has 0 aliphatic heterocycles. The SMILES string of the molecule is NCCNSc1ncncn1. The zero-order chi connectivity index (χ0) is 7.94. The highest BCUT2D eigenvalue weighted by atomic mass is 32.2. The van der Waals surface area contributed by atoms with E-state index in [1.807, 2.05) is 0 Å². The molecule has 0 atom stereocenters. The molecule has 0 saturated heterocycles. The molecule has 1 aromatic rings. The monoisotopic (exact) mass is 171 g/mol. The molecular weight excluding hydrogens is 162 g/mol. The van der Waals surface area contributed by atoms with E-state index in [9.17, 15) is 0 Å². The van der Waals surface area contributed by atoms with Crippen molar-refractivity contribution in [2.45, 2.75) is 5.16 Å². The fourth-order valence-electron chi connectivity index (χ4n) is 0.456. The van der Waals surface area contributed by atoms with Crippen molar-refractivity contribution in [2.75, 3.05) is 13.1 Å². The summed E-state index contributed by atoms with van der Waals surface area (Å²) in [6.07, 6.45) is 2.92. The van der Waals surface area contributed by atoms with E-state index in [-0.39, 0.29) is 0 Å². The van der Waals surface area contributed by atoms with Crippen molar-refractivity contribution < 1.29 is 0 Å². The maximum Gasteiger partial charge on any atom is 0.205 e. The molecule has 60 valence electrons. The molecule has 1 rings (SSSR count). The van der Waals surface area contributed by atoms with E-state index in [2.05, 4.69) is 19.7 Å². The highest BCUT2D eigenvalue weighted by molar-refractivity contribution is 7.97. The number of nitrogens with two attached hydrogens (primary N) is 1. The lowest BCUT2D eigenvalue weighted by Gasteiger charge is -1.97. The second-order valence-electron chi connectivity index (χ2n) is 1.71. The summed E-state index contributed by atoms with van der Waals surface area (Å²) in [7, 11) is 0. The summed E-state index contributed by atoms with van der Waals surface area (Å²) in [5, 5.41) is 0.661. The van der Waals surface area contributed by atoms with E-state index in [1.54, 1.807) is 0 Å². The Morgan fingerprint density at radius 2 is 2.18 bits per heavy atom. The van der Waals surface area contributed by atoms with E-state index in [0.29, 0.717) is 11.7 Å². The maximum absolute atomic E-state index is 5.26. The first-order valence-electron chi connectivity index (χ1n) is 3.15. The summed E-state index contributed by atoms with van der Waals surface area (Å²) >= 11 is 1.35. The largest absolute Gasteiger partial charge is 0.329 e. The molecular formula is C5H9N5S. The van der Waals surface area contributed by atoms with Crippen LogP contribution in [0.2, 0.25) is 0 Å². The van der Waals surface area contributed by atoms with Gasteiger partial charge in [-0.15, -0.1) is 0 Å². The van der Waals surface area contributed by atoms with Gasteiger partial charge in [0, 0.05) is 13.1 Å². The molecule has 0 fully saturated rings. The van der Waals surface area contributed by atoms with Crippen LogP contribution in [0.3, 0.4) is 0 Å². The van der Waals surface area contributed by atoms with E-state index in [1.165, 1.54) is 24.6 Å². The van der Waals surface area contributed by atoms with Crippen LogP contribution >= 0.6 is 11.9 Å². The minimum atomic E-state index is 0.609. The van der Waals surface area contributed by atoms with Gasteiger partial charge in [-0.25, -0.2) is 15.0 Å². The first kappa shape index (κ1) is 8.38. The summed E-state index contributed by atoms with van der Waals surface area (Å²) in [5.74, 6) is 0. The van der Waals surface area contributed by atoms with Crippen LogP contribution in [0.5, 0.6) is 0 Å². The quantitative estimate of drug-likeness (QED) is 0.466. The third-order valence-corrected chi connectivity index (χ3v) is 1.62. The number of rotatable bonds is 4. The van der Waals surface area contributed by atoms with Gasteiger partial charge in [0.1, 0.15) is 12.7 Å². The minimum Gasteiger partial charge on any atom is -0.329 e. The number of nitrogens with one attached hydrogen (secondary N) is 1. The van der Waals surface area contributed by atoms with Crippen LogP contribution in [-0.4, -0.2) is 28.0 Å². The lowest BCUT2D eigenvalue weighted by molar-refractivity contribution is 0.874. The second-order valence-corrected chi connectivity index (χ2v) is 2.56. The normalized spacial score (nSPS) is 9.91. The van der Waals surface area contributed by atoms with Crippen LogP contribution in [0, 0.1) is 0 Å². The van der Waals surface area contributed by atoms with Crippen molar-refractivity contribution in [3.63, 3.8) is 0 Å². The molecule has 0 radical (unpaired) electrons. The fourth-order valence-corrected chi connectivity index (χ4v) is 1.00. The van der Waals surface area contributed by atoms with Crippen molar-refractivity contribution in [3.8, 4) is 0 Å². The average Bonchev–Trinajstić information content (AvgIpc) is 2.07. The van der Waals surface area contributed by atoms with Crippen LogP contribution in [0.4, 0.5) is 0 Å². The number of nitrogens with zero attached hydrogens (tertiary/aromatic N) is 3. The van der Waals surface area contributed by atoms with Crippen molar-refractivity contribution in [2.24, 2.45) is 5.73 Å². The second kappa shape index (κ2) is 5.00. The predicted molar refractivity (Wildman–Crippen MR) is 42.7 cm³/mol. The topological polar surface area (TPSA) is 76.7 Å². The van der Waals surface area contributed by atoms with Crippen LogP contribution in [0.15, 0.2) is 17.8 Å². The molecule has 0 unspecified atom stereocenters. The summed E-state index contributed by atoms with van der Waals surface area (Å²) < 4.78 is 2.99. The number of hydrogen-bond acceptors (Lipinski definition) is 6.